The van der Waals surface area contributed by atoms with Gasteiger partial charge in [0.1, 0.15) is 11.1 Å². The van der Waals surface area contributed by atoms with Gasteiger partial charge < -0.3 is 10.6 Å². The van der Waals surface area contributed by atoms with Crippen LogP contribution in [-0.4, -0.2) is 11.8 Å². The predicted octanol–water partition coefficient (Wildman–Crippen LogP) is 7.13. The Labute approximate surface area is 212 Å². The highest BCUT2D eigenvalue weighted by atomic mass is 35.5. The fraction of sp³-hybridized carbons (Fsp3) is 0.0714. The fourth-order valence-corrected chi connectivity index (χ4v) is 4.72. The summed E-state index contributed by atoms with van der Waals surface area (Å²) < 4.78 is 13.5. The normalized spacial score (nSPS) is 11.5. The summed E-state index contributed by atoms with van der Waals surface area (Å²) in [6, 6.07) is 30.3. The molecule has 0 spiro atoms. The molecule has 0 aliphatic heterocycles. The molecule has 0 saturated heterocycles. The molecule has 4 aromatic carbocycles. The van der Waals surface area contributed by atoms with Gasteiger partial charge in [-0.2, -0.15) is 0 Å². The van der Waals surface area contributed by atoms with Crippen molar-refractivity contribution in [3.8, 4) is 0 Å². The molecular formula is C28H22ClFN2O2S. The monoisotopic (exact) mass is 504 g/mol. The summed E-state index contributed by atoms with van der Waals surface area (Å²) >= 11 is 7.22. The molecule has 0 saturated carbocycles. The average Bonchev–Trinajstić information content (AvgIpc) is 2.86. The molecule has 2 N–H and O–H groups in total. The third kappa shape index (κ3) is 6.94. The van der Waals surface area contributed by atoms with Crippen molar-refractivity contribution >= 4 is 46.6 Å². The van der Waals surface area contributed by atoms with Crippen LogP contribution < -0.4 is 10.6 Å². The van der Waals surface area contributed by atoms with Crippen molar-refractivity contribution in [3.63, 3.8) is 0 Å². The molecule has 0 bridgehead atoms. The second kappa shape index (κ2) is 11.7. The van der Waals surface area contributed by atoms with E-state index < -0.39 is 11.1 Å². The van der Waals surface area contributed by atoms with Crippen LogP contribution in [0.2, 0.25) is 5.02 Å². The number of thioether (sulfide) groups is 1. The first-order valence-corrected chi connectivity index (χ1v) is 12.1. The fourth-order valence-electron chi connectivity index (χ4n) is 3.45. The number of benzene rings is 4. The van der Waals surface area contributed by atoms with E-state index in [1.165, 1.54) is 30.0 Å². The number of carbonyl (C=O) groups excluding carboxylic acids is 2. The lowest BCUT2D eigenvalue weighted by molar-refractivity contribution is -0.116. The summed E-state index contributed by atoms with van der Waals surface area (Å²) in [5.74, 6) is -0.948. The van der Waals surface area contributed by atoms with Gasteiger partial charge in [-0.1, -0.05) is 78.3 Å². The van der Waals surface area contributed by atoms with E-state index in [1.54, 1.807) is 0 Å². The lowest BCUT2D eigenvalue weighted by atomic mass is 10.1. The Balaban J connectivity index is 1.50. The van der Waals surface area contributed by atoms with Gasteiger partial charge >= 0.3 is 0 Å². The van der Waals surface area contributed by atoms with Crippen LogP contribution in [0.3, 0.4) is 0 Å². The van der Waals surface area contributed by atoms with Crippen LogP contribution in [0.25, 0.3) is 0 Å². The molecule has 0 radical (unpaired) electrons. The van der Waals surface area contributed by atoms with E-state index in [0.29, 0.717) is 11.4 Å². The number of amides is 2. The SMILES string of the molecule is O=C(Cc1ccccc1)Nc1cccc(SC(C(=O)Nc2ccc(F)c(Cl)c2)c2ccccc2)c1. The van der Waals surface area contributed by atoms with Crippen LogP contribution in [0.1, 0.15) is 16.4 Å². The number of anilines is 2. The minimum Gasteiger partial charge on any atom is -0.326 e. The summed E-state index contributed by atoms with van der Waals surface area (Å²) in [4.78, 5) is 26.5. The molecular weight excluding hydrogens is 483 g/mol. The maximum absolute atomic E-state index is 13.5. The molecule has 4 nitrogen and oxygen atoms in total. The standard InChI is InChI=1S/C28H22ClFN2O2S/c29-24-18-22(14-15-25(24)30)32-28(34)27(20-10-5-2-6-11-20)35-23-13-7-12-21(17-23)31-26(33)16-19-8-3-1-4-9-19/h1-15,17-18,27H,16H2,(H,31,33)(H,32,34). The van der Waals surface area contributed by atoms with Crippen LogP contribution in [0.15, 0.2) is 108 Å². The molecule has 4 rings (SSSR count). The quantitative estimate of drug-likeness (QED) is 0.251. The Bertz CT molecular complexity index is 1320. The topological polar surface area (TPSA) is 58.2 Å². The number of rotatable bonds is 8. The smallest absolute Gasteiger partial charge is 0.242 e. The van der Waals surface area contributed by atoms with Gasteiger partial charge in [0.2, 0.25) is 11.8 Å². The van der Waals surface area contributed by atoms with E-state index in [0.717, 1.165) is 16.0 Å². The largest absolute Gasteiger partial charge is 0.326 e. The second-order valence-corrected chi connectivity index (χ2v) is 9.35. The molecule has 4 aromatic rings. The summed E-state index contributed by atoms with van der Waals surface area (Å²) in [5, 5.41) is 5.09. The molecule has 0 heterocycles. The average molecular weight is 505 g/mol. The minimum absolute atomic E-state index is 0.0642. The van der Waals surface area contributed by atoms with Gasteiger partial charge in [0.15, 0.2) is 0 Å². The first kappa shape index (κ1) is 24.5. The Morgan fingerprint density at radius 3 is 2.20 bits per heavy atom. The Morgan fingerprint density at radius 2 is 1.49 bits per heavy atom. The maximum Gasteiger partial charge on any atom is 0.242 e. The van der Waals surface area contributed by atoms with Crippen molar-refractivity contribution in [1.82, 2.24) is 0 Å². The number of carbonyl (C=O) groups is 2. The van der Waals surface area contributed by atoms with Crippen molar-refractivity contribution in [2.45, 2.75) is 16.6 Å². The third-order valence-electron chi connectivity index (χ3n) is 5.11. The number of nitrogens with one attached hydrogen (secondary N) is 2. The Morgan fingerprint density at radius 1 is 0.800 bits per heavy atom. The number of halogens is 2. The van der Waals surface area contributed by atoms with E-state index in [4.69, 9.17) is 11.6 Å². The molecule has 0 aliphatic carbocycles. The lowest BCUT2D eigenvalue weighted by Gasteiger charge is -2.18. The summed E-state index contributed by atoms with van der Waals surface area (Å²) in [6.45, 7) is 0. The van der Waals surface area contributed by atoms with Crippen molar-refractivity contribution in [3.05, 3.63) is 125 Å². The molecule has 176 valence electrons. The first-order valence-electron chi connectivity index (χ1n) is 10.9. The molecule has 0 aromatic heterocycles. The van der Waals surface area contributed by atoms with Gasteiger partial charge in [-0.05, 0) is 47.5 Å². The van der Waals surface area contributed by atoms with Crippen LogP contribution in [0.4, 0.5) is 15.8 Å². The van der Waals surface area contributed by atoms with Crippen LogP contribution in [0.5, 0.6) is 0 Å². The summed E-state index contributed by atoms with van der Waals surface area (Å²) in [6.07, 6.45) is 0.271. The maximum atomic E-state index is 13.5. The Hall–Kier alpha value is -3.61. The zero-order valence-electron chi connectivity index (χ0n) is 18.6. The van der Waals surface area contributed by atoms with E-state index >= 15 is 0 Å². The molecule has 0 fully saturated rings. The predicted molar refractivity (Wildman–Crippen MR) is 140 cm³/mol. The van der Waals surface area contributed by atoms with E-state index in [9.17, 15) is 14.0 Å². The minimum atomic E-state index is -0.588. The van der Waals surface area contributed by atoms with Crippen LogP contribution >= 0.6 is 23.4 Å². The van der Waals surface area contributed by atoms with Gasteiger partial charge in [-0.3, -0.25) is 9.59 Å². The van der Waals surface area contributed by atoms with Crippen molar-refractivity contribution in [2.75, 3.05) is 10.6 Å². The molecule has 7 heteroatoms. The first-order chi connectivity index (χ1) is 17.0. The van der Waals surface area contributed by atoms with Crippen molar-refractivity contribution in [2.24, 2.45) is 0 Å². The van der Waals surface area contributed by atoms with Gasteiger partial charge in [-0.25, -0.2) is 4.39 Å². The van der Waals surface area contributed by atoms with E-state index in [1.807, 2.05) is 84.9 Å². The lowest BCUT2D eigenvalue weighted by Crippen LogP contribution is -2.19. The zero-order valence-corrected chi connectivity index (χ0v) is 20.2. The highest BCUT2D eigenvalue weighted by Crippen LogP contribution is 2.37. The van der Waals surface area contributed by atoms with Gasteiger partial charge in [0.25, 0.3) is 0 Å². The second-order valence-electron chi connectivity index (χ2n) is 7.77. The molecule has 35 heavy (non-hydrogen) atoms. The van der Waals surface area contributed by atoms with Gasteiger partial charge in [0, 0.05) is 16.3 Å². The van der Waals surface area contributed by atoms with Crippen LogP contribution in [0, 0.1) is 5.82 Å². The zero-order chi connectivity index (χ0) is 24.6. The van der Waals surface area contributed by atoms with Gasteiger partial charge in [0.05, 0.1) is 11.4 Å². The number of hydrogen-bond acceptors (Lipinski definition) is 3. The van der Waals surface area contributed by atoms with E-state index in [2.05, 4.69) is 10.6 Å². The van der Waals surface area contributed by atoms with E-state index in [-0.39, 0.29) is 23.3 Å². The highest BCUT2D eigenvalue weighted by molar-refractivity contribution is 8.00. The van der Waals surface area contributed by atoms with Crippen molar-refractivity contribution < 1.29 is 14.0 Å². The molecule has 1 atom stereocenters. The Kier molecular flexibility index (Phi) is 8.19. The molecule has 1 unspecified atom stereocenters. The third-order valence-corrected chi connectivity index (χ3v) is 6.64. The summed E-state index contributed by atoms with van der Waals surface area (Å²) in [5.41, 5.74) is 2.79. The van der Waals surface area contributed by atoms with Gasteiger partial charge in [-0.15, -0.1) is 11.8 Å². The van der Waals surface area contributed by atoms with Crippen LogP contribution in [-0.2, 0) is 16.0 Å². The summed E-state index contributed by atoms with van der Waals surface area (Å²) in [7, 11) is 0. The van der Waals surface area contributed by atoms with Crippen molar-refractivity contribution in [1.29, 1.82) is 0 Å². The molecule has 0 aliphatic rings. The number of hydrogen-bond donors (Lipinski definition) is 2. The highest BCUT2D eigenvalue weighted by Gasteiger charge is 2.23. The molecule has 2 amide bonds.